The smallest absolute Gasteiger partial charge is 0.396 e. The van der Waals surface area contributed by atoms with E-state index in [4.69, 9.17) is 0 Å². The van der Waals surface area contributed by atoms with Crippen LogP contribution in [-0.4, -0.2) is 49.9 Å². The molecule has 1 aromatic carbocycles. The zero-order valence-corrected chi connectivity index (χ0v) is 14.0. The van der Waals surface area contributed by atoms with Crippen molar-refractivity contribution in [1.29, 1.82) is 0 Å². The summed E-state index contributed by atoms with van der Waals surface area (Å²) in [6.07, 6.45) is 0.149. The first-order valence-electron chi connectivity index (χ1n) is 8.11. The number of rotatable bonds is 6. The molecule has 2 rings (SSSR count). The molecule has 1 heterocycles. The first kappa shape index (κ1) is 18.4. The third-order valence-electron chi connectivity index (χ3n) is 3.73. The number of carbonyl (C=O) groups excluding carboxylic acids is 4. The molecule has 0 aromatic heterocycles. The van der Waals surface area contributed by atoms with E-state index < -0.39 is 17.8 Å². The van der Waals surface area contributed by atoms with Crippen LogP contribution in [0.3, 0.4) is 0 Å². The maximum absolute atomic E-state index is 12.2. The van der Waals surface area contributed by atoms with Gasteiger partial charge in [-0.05, 0) is 19.1 Å². The molecule has 0 radical (unpaired) electrons. The van der Waals surface area contributed by atoms with Crippen LogP contribution in [0.5, 0.6) is 0 Å². The van der Waals surface area contributed by atoms with Gasteiger partial charge in [0.1, 0.15) is 0 Å². The molecule has 0 aliphatic carbocycles. The van der Waals surface area contributed by atoms with Crippen LogP contribution in [0.2, 0.25) is 0 Å². The zero-order valence-electron chi connectivity index (χ0n) is 14.0. The fraction of sp³-hybridized carbons (Fsp3) is 0.412. The van der Waals surface area contributed by atoms with Gasteiger partial charge in [0.05, 0.1) is 12.5 Å². The lowest BCUT2D eigenvalue weighted by molar-refractivity contribution is -0.154. The van der Waals surface area contributed by atoms with Gasteiger partial charge in [-0.1, -0.05) is 18.2 Å². The number of esters is 1. The van der Waals surface area contributed by atoms with Crippen molar-refractivity contribution in [3.8, 4) is 0 Å². The van der Waals surface area contributed by atoms with E-state index in [1.807, 2.05) is 30.3 Å². The number of benzene rings is 1. The van der Waals surface area contributed by atoms with Crippen molar-refractivity contribution in [2.45, 2.75) is 13.3 Å². The van der Waals surface area contributed by atoms with E-state index in [0.717, 1.165) is 5.69 Å². The minimum Gasteiger partial charge on any atom is -0.459 e. The number of amides is 3. The second-order valence-corrected chi connectivity index (χ2v) is 5.51. The molecule has 134 valence electrons. The van der Waals surface area contributed by atoms with Crippen molar-refractivity contribution in [3.63, 3.8) is 0 Å². The normalized spacial score (nSPS) is 16.4. The predicted octanol–water partition coefficient (Wildman–Crippen LogP) is -0.165. The van der Waals surface area contributed by atoms with Crippen LogP contribution in [0.4, 0.5) is 5.69 Å². The first-order chi connectivity index (χ1) is 12.0. The number of anilines is 1. The molecule has 1 saturated heterocycles. The number of hydrogen-bond donors (Lipinski definition) is 2. The largest absolute Gasteiger partial charge is 0.459 e. The van der Waals surface area contributed by atoms with Crippen molar-refractivity contribution in [3.05, 3.63) is 30.3 Å². The average molecular weight is 347 g/mol. The summed E-state index contributed by atoms with van der Waals surface area (Å²) in [6.45, 7) is 2.32. The standard InChI is InChI=1S/C17H21N3O5/c1-2-25-17(24)16(23)19-9-8-18-15(22)12-10-14(21)20(11-12)13-6-4-3-5-7-13/h3-7,12H,2,8-11H2,1H3,(H,18,22)(H,19,23)/t12-/m1/s1. The van der Waals surface area contributed by atoms with Gasteiger partial charge in [-0.25, -0.2) is 4.79 Å². The third-order valence-corrected chi connectivity index (χ3v) is 3.73. The number of para-hydroxylation sites is 1. The van der Waals surface area contributed by atoms with Crippen LogP contribution in [0.15, 0.2) is 30.3 Å². The Labute approximate surface area is 145 Å². The molecule has 8 nitrogen and oxygen atoms in total. The quantitative estimate of drug-likeness (QED) is 0.422. The van der Waals surface area contributed by atoms with Crippen LogP contribution in [0.25, 0.3) is 0 Å². The molecule has 1 fully saturated rings. The lowest BCUT2D eigenvalue weighted by Crippen LogP contribution is -2.40. The molecule has 0 unspecified atom stereocenters. The minimum atomic E-state index is -0.950. The lowest BCUT2D eigenvalue weighted by Gasteiger charge is -2.16. The molecule has 1 aliphatic rings. The van der Waals surface area contributed by atoms with Gasteiger partial charge in [-0.3, -0.25) is 14.4 Å². The molecule has 1 atom stereocenters. The van der Waals surface area contributed by atoms with Gasteiger partial charge in [-0.15, -0.1) is 0 Å². The van der Waals surface area contributed by atoms with E-state index in [2.05, 4.69) is 15.4 Å². The van der Waals surface area contributed by atoms with Gasteiger partial charge in [0.25, 0.3) is 0 Å². The Hall–Kier alpha value is -2.90. The lowest BCUT2D eigenvalue weighted by atomic mass is 10.1. The Balaban J connectivity index is 1.74. The van der Waals surface area contributed by atoms with Crippen molar-refractivity contribution in [2.75, 3.05) is 31.1 Å². The fourth-order valence-electron chi connectivity index (χ4n) is 2.52. The third kappa shape index (κ3) is 5.03. The molecule has 8 heteroatoms. The highest BCUT2D eigenvalue weighted by Crippen LogP contribution is 2.24. The summed E-state index contributed by atoms with van der Waals surface area (Å²) in [5, 5.41) is 5.01. The van der Waals surface area contributed by atoms with Gasteiger partial charge in [-0.2, -0.15) is 0 Å². The van der Waals surface area contributed by atoms with Crippen molar-refractivity contribution >= 4 is 29.4 Å². The summed E-state index contributed by atoms with van der Waals surface area (Å²) in [5.41, 5.74) is 0.768. The first-order valence-corrected chi connectivity index (χ1v) is 8.11. The second kappa shape index (κ2) is 8.81. The van der Waals surface area contributed by atoms with Crippen LogP contribution in [0.1, 0.15) is 13.3 Å². The molecule has 0 bridgehead atoms. The van der Waals surface area contributed by atoms with Crippen molar-refractivity contribution in [1.82, 2.24) is 10.6 Å². The van der Waals surface area contributed by atoms with Gasteiger partial charge in [0.2, 0.25) is 11.8 Å². The SMILES string of the molecule is CCOC(=O)C(=O)NCCNC(=O)[C@@H]1CC(=O)N(c2ccccc2)C1. The monoisotopic (exact) mass is 347 g/mol. The molecule has 0 saturated carbocycles. The van der Waals surface area contributed by atoms with Gasteiger partial charge < -0.3 is 20.3 Å². The Morgan fingerprint density at radius 3 is 2.52 bits per heavy atom. The van der Waals surface area contributed by atoms with Crippen LogP contribution >= 0.6 is 0 Å². The van der Waals surface area contributed by atoms with E-state index >= 15 is 0 Å². The number of nitrogens with one attached hydrogen (secondary N) is 2. The van der Waals surface area contributed by atoms with E-state index in [0.29, 0.717) is 6.54 Å². The second-order valence-electron chi connectivity index (χ2n) is 5.51. The van der Waals surface area contributed by atoms with E-state index in [9.17, 15) is 19.2 Å². The zero-order chi connectivity index (χ0) is 18.2. The summed E-state index contributed by atoms with van der Waals surface area (Å²) in [5.74, 6) is -2.58. The van der Waals surface area contributed by atoms with Gasteiger partial charge in [0, 0.05) is 31.7 Å². The Bertz CT molecular complexity index is 647. The Morgan fingerprint density at radius 2 is 1.84 bits per heavy atom. The topological polar surface area (TPSA) is 105 Å². The van der Waals surface area contributed by atoms with E-state index in [1.54, 1.807) is 11.8 Å². The highest BCUT2D eigenvalue weighted by molar-refractivity contribution is 6.32. The number of carbonyl (C=O) groups is 4. The minimum absolute atomic E-state index is 0.0954. The number of ether oxygens (including phenoxy) is 1. The molecule has 1 aliphatic heterocycles. The summed E-state index contributed by atoms with van der Waals surface area (Å²) in [4.78, 5) is 48.3. The highest BCUT2D eigenvalue weighted by Gasteiger charge is 2.34. The maximum atomic E-state index is 12.2. The maximum Gasteiger partial charge on any atom is 0.396 e. The summed E-state index contributed by atoms with van der Waals surface area (Å²) >= 11 is 0. The fourth-order valence-corrected chi connectivity index (χ4v) is 2.52. The highest BCUT2D eigenvalue weighted by atomic mass is 16.5. The molecule has 2 N–H and O–H groups in total. The van der Waals surface area contributed by atoms with Gasteiger partial charge in [0.15, 0.2) is 0 Å². The van der Waals surface area contributed by atoms with Crippen molar-refractivity contribution < 1.29 is 23.9 Å². The Morgan fingerprint density at radius 1 is 1.16 bits per heavy atom. The summed E-state index contributed by atoms with van der Waals surface area (Å²) in [7, 11) is 0. The van der Waals surface area contributed by atoms with Crippen LogP contribution in [0, 0.1) is 5.92 Å². The summed E-state index contributed by atoms with van der Waals surface area (Å²) in [6, 6.07) is 9.18. The predicted molar refractivity (Wildman–Crippen MR) is 89.6 cm³/mol. The molecule has 0 spiro atoms. The average Bonchev–Trinajstić information content (AvgIpc) is 3.01. The Kier molecular flexibility index (Phi) is 6.50. The van der Waals surface area contributed by atoms with Crippen molar-refractivity contribution in [2.24, 2.45) is 5.92 Å². The molecule has 3 amide bonds. The number of nitrogens with zero attached hydrogens (tertiary/aromatic N) is 1. The van der Waals surface area contributed by atoms with E-state index in [1.165, 1.54) is 0 Å². The molecular weight excluding hydrogens is 326 g/mol. The number of hydrogen-bond acceptors (Lipinski definition) is 5. The van der Waals surface area contributed by atoms with Crippen LogP contribution < -0.4 is 15.5 Å². The molecule has 25 heavy (non-hydrogen) atoms. The molecule has 1 aromatic rings. The van der Waals surface area contributed by atoms with E-state index in [-0.39, 0.29) is 37.9 Å². The van der Waals surface area contributed by atoms with Crippen LogP contribution in [-0.2, 0) is 23.9 Å². The summed E-state index contributed by atoms with van der Waals surface area (Å²) < 4.78 is 4.55. The molecular formula is C17H21N3O5. The van der Waals surface area contributed by atoms with Gasteiger partial charge >= 0.3 is 11.9 Å².